The van der Waals surface area contributed by atoms with Gasteiger partial charge in [0.05, 0.1) is 37.7 Å². The first kappa shape index (κ1) is 26.4. The summed E-state index contributed by atoms with van der Waals surface area (Å²) in [5, 5.41) is 16.7. The number of rotatable bonds is 8. The molecular formula is C23H27F2N7O5S2. The smallest absolute Gasteiger partial charge is 0.291 e. The predicted octanol–water partition coefficient (Wildman–Crippen LogP) is 1.42. The van der Waals surface area contributed by atoms with Crippen molar-refractivity contribution in [3.8, 4) is 10.7 Å². The number of hydrogen-bond acceptors (Lipinski definition) is 10. The van der Waals surface area contributed by atoms with Gasteiger partial charge in [0.25, 0.3) is 12.3 Å². The minimum Gasteiger partial charge on any atom is -0.394 e. The molecule has 16 heteroatoms. The van der Waals surface area contributed by atoms with E-state index in [9.17, 15) is 27.1 Å². The maximum Gasteiger partial charge on any atom is 0.291 e. The van der Waals surface area contributed by atoms with E-state index < -0.39 is 33.1 Å². The van der Waals surface area contributed by atoms with Crippen LogP contribution < -0.4 is 9.62 Å². The van der Waals surface area contributed by atoms with Crippen molar-refractivity contribution in [3.05, 3.63) is 23.5 Å². The van der Waals surface area contributed by atoms with Crippen molar-refractivity contribution in [3.63, 3.8) is 0 Å². The summed E-state index contributed by atoms with van der Waals surface area (Å²) in [6.45, 7) is 2.98. The van der Waals surface area contributed by atoms with Gasteiger partial charge in [-0.25, -0.2) is 26.9 Å². The molecule has 6 rings (SSSR count). The molecule has 210 valence electrons. The molecule has 1 amide bonds. The topological polar surface area (TPSA) is 142 Å². The lowest BCUT2D eigenvalue weighted by Gasteiger charge is -2.43. The molecule has 2 atom stereocenters. The van der Waals surface area contributed by atoms with Crippen molar-refractivity contribution in [2.45, 2.75) is 55.2 Å². The Bertz CT molecular complexity index is 1520. The van der Waals surface area contributed by atoms with E-state index in [1.54, 1.807) is 4.90 Å². The first-order valence-electron chi connectivity index (χ1n) is 12.5. The largest absolute Gasteiger partial charge is 0.394 e. The average Bonchev–Trinajstić information content (AvgIpc) is 3.25. The van der Waals surface area contributed by atoms with Crippen molar-refractivity contribution in [1.82, 2.24) is 29.2 Å². The fourth-order valence-corrected chi connectivity index (χ4v) is 6.99. The summed E-state index contributed by atoms with van der Waals surface area (Å²) in [6, 6.07) is 1.28. The minimum atomic E-state index is -3.95. The Balaban J connectivity index is 1.40. The lowest BCUT2D eigenvalue weighted by Crippen LogP contribution is -2.59. The highest BCUT2D eigenvalue weighted by atomic mass is 32.2. The van der Waals surface area contributed by atoms with Crippen LogP contribution in [0.2, 0.25) is 0 Å². The third-order valence-corrected chi connectivity index (χ3v) is 9.98. The SMILES string of the molecule is CC1(NS(=O)(=O)c2cc(N3CCO[C@@H](C(=O)N4CC[C@H]4CO)C3)c3ncc(-c4nnc(C(F)F)s4)n3c2)CC1. The van der Waals surface area contributed by atoms with Crippen molar-refractivity contribution in [1.29, 1.82) is 0 Å². The Morgan fingerprint density at radius 2 is 2.13 bits per heavy atom. The highest BCUT2D eigenvalue weighted by Gasteiger charge is 2.42. The summed E-state index contributed by atoms with van der Waals surface area (Å²) in [5.74, 6) is -0.231. The van der Waals surface area contributed by atoms with E-state index in [1.165, 1.54) is 22.9 Å². The Kier molecular flexibility index (Phi) is 6.57. The van der Waals surface area contributed by atoms with Crippen molar-refractivity contribution in [2.75, 3.05) is 37.7 Å². The van der Waals surface area contributed by atoms with E-state index in [0.29, 0.717) is 41.5 Å². The van der Waals surface area contributed by atoms with Crippen LogP contribution in [0.25, 0.3) is 16.3 Å². The monoisotopic (exact) mass is 583 g/mol. The van der Waals surface area contributed by atoms with Gasteiger partial charge in [0.15, 0.2) is 21.8 Å². The van der Waals surface area contributed by atoms with Crippen molar-refractivity contribution < 1.29 is 31.8 Å². The van der Waals surface area contributed by atoms with Gasteiger partial charge in [0.1, 0.15) is 10.6 Å². The number of morpholine rings is 1. The molecule has 39 heavy (non-hydrogen) atoms. The molecule has 5 heterocycles. The number of likely N-dealkylation sites (tertiary alicyclic amines) is 1. The van der Waals surface area contributed by atoms with Gasteiger partial charge in [-0.15, -0.1) is 10.2 Å². The van der Waals surface area contributed by atoms with Gasteiger partial charge in [-0.2, -0.15) is 0 Å². The highest BCUT2D eigenvalue weighted by Crippen LogP contribution is 2.38. The molecule has 2 N–H and O–H groups in total. The second kappa shape index (κ2) is 9.69. The molecule has 3 aromatic rings. The number of nitrogens with zero attached hydrogens (tertiary/aromatic N) is 6. The number of aliphatic hydroxyl groups excluding tert-OH is 1. The molecule has 1 saturated carbocycles. The summed E-state index contributed by atoms with van der Waals surface area (Å²) >= 11 is 0.705. The van der Waals surface area contributed by atoms with Crippen LogP contribution in [0.15, 0.2) is 23.4 Å². The number of amides is 1. The molecule has 1 aliphatic carbocycles. The molecule has 2 aliphatic heterocycles. The standard InChI is InChI=1S/C23H27F2N7O5S2/c1-23(3-4-23)29-39(35,36)14-8-15(30-6-7-37-17(11-30)22(34)31-5-2-13(31)12-33)19-26-9-16(32(19)10-14)20-27-28-21(38-20)18(24)25/h8-10,13,17-18,29,33H,2-7,11-12H2,1H3/t13-,17+/m0/s1. The van der Waals surface area contributed by atoms with E-state index >= 15 is 0 Å². The maximum atomic E-state index is 13.4. The van der Waals surface area contributed by atoms with E-state index in [0.717, 1.165) is 19.3 Å². The fraction of sp³-hybridized carbons (Fsp3) is 0.565. The van der Waals surface area contributed by atoms with Gasteiger partial charge < -0.3 is 19.6 Å². The van der Waals surface area contributed by atoms with Crippen LogP contribution in [0.1, 0.15) is 37.6 Å². The number of nitrogens with one attached hydrogen (secondary N) is 1. The van der Waals surface area contributed by atoms with Crippen molar-refractivity contribution in [2.24, 2.45) is 0 Å². The first-order chi connectivity index (χ1) is 18.6. The van der Waals surface area contributed by atoms with Gasteiger partial charge in [-0.3, -0.25) is 9.20 Å². The second-order valence-corrected chi connectivity index (χ2v) is 13.0. The third kappa shape index (κ3) is 4.88. The van der Waals surface area contributed by atoms with Crippen molar-refractivity contribution >= 4 is 38.6 Å². The Morgan fingerprint density at radius 3 is 2.77 bits per heavy atom. The van der Waals surface area contributed by atoms with Crippen LogP contribution in [0.4, 0.5) is 14.5 Å². The number of fused-ring (bicyclic) bond motifs is 1. The van der Waals surface area contributed by atoms with Gasteiger partial charge in [0, 0.05) is 24.8 Å². The first-order valence-corrected chi connectivity index (χ1v) is 14.8. The number of ether oxygens (including phenoxy) is 1. The van der Waals surface area contributed by atoms with E-state index in [4.69, 9.17) is 4.74 Å². The molecule has 0 unspecified atom stereocenters. The molecule has 3 fully saturated rings. The summed E-state index contributed by atoms with van der Waals surface area (Å²) in [4.78, 5) is 21.0. The lowest BCUT2D eigenvalue weighted by atomic mass is 10.0. The van der Waals surface area contributed by atoms with Crippen LogP contribution in [0.3, 0.4) is 0 Å². The summed E-state index contributed by atoms with van der Waals surface area (Å²) < 4.78 is 63.2. The number of carbonyl (C=O) groups is 1. The Labute approximate surface area is 226 Å². The number of aromatic nitrogens is 4. The molecule has 0 aromatic carbocycles. The highest BCUT2D eigenvalue weighted by molar-refractivity contribution is 7.89. The summed E-state index contributed by atoms with van der Waals surface area (Å²) in [7, 11) is -3.95. The molecule has 12 nitrogen and oxygen atoms in total. The van der Waals surface area contributed by atoms with Gasteiger partial charge >= 0.3 is 0 Å². The zero-order chi connectivity index (χ0) is 27.5. The number of anilines is 1. The van der Waals surface area contributed by atoms with Crippen LogP contribution in [-0.2, 0) is 19.6 Å². The number of aliphatic hydroxyl groups is 1. The maximum absolute atomic E-state index is 13.4. The molecular weight excluding hydrogens is 556 g/mol. The summed E-state index contributed by atoms with van der Waals surface area (Å²) in [6.07, 6.45) is 1.41. The van der Waals surface area contributed by atoms with Crippen LogP contribution in [0.5, 0.6) is 0 Å². The van der Waals surface area contributed by atoms with E-state index in [1.807, 2.05) is 11.8 Å². The Morgan fingerprint density at radius 1 is 1.33 bits per heavy atom. The van der Waals surface area contributed by atoms with Gasteiger partial charge in [-0.05, 0) is 32.3 Å². The van der Waals surface area contributed by atoms with E-state index in [2.05, 4.69) is 19.9 Å². The number of pyridine rings is 1. The number of hydrogen-bond donors (Lipinski definition) is 2. The lowest BCUT2D eigenvalue weighted by molar-refractivity contribution is -0.153. The average molecular weight is 584 g/mol. The van der Waals surface area contributed by atoms with Crippen LogP contribution in [0, 0.1) is 0 Å². The predicted molar refractivity (Wildman–Crippen MR) is 136 cm³/mol. The van der Waals surface area contributed by atoms with E-state index in [-0.39, 0.29) is 41.6 Å². The molecule has 0 spiro atoms. The molecule has 0 bridgehead atoms. The zero-order valence-electron chi connectivity index (χ0n) is 21.0. The second-order valence-electron chi connectivity index (χ2n) is 10.3. The van der Waals surface area contributed by atoms with Gasteiger partial charge in [0.2, 0.25) is 10.0 Å². The summed E-state index contributed by atoms with van der Waals surface area (Å²) in [5.41, 5.74) is 0.624. The molecule has 3 aliphatic rings. The quantitative estimate of drug-likeness (QED) is 0.403. The normalized spacial score (nSPS) is 22.9. The number of halogens is 2. The number of alkyl halides is 2. The Hall–Kier alpha value is -2.79. The number of sulfonamides is 1. The molecule has 2 saturated heterocycles. The van der Waals surface area contributed by atoms with Crippen LogP contribution >= 0.6 is 11.3 Å². The molecule has 3 aromatic heterocycles. The number of carbonyl (C=O) groups excluding carboxylic acids is 1. The number of imidazole rings is 1. The van der Waals surface area contributed by atoms with Gasteiger partial charge in [-0.1, -0.05) is 11.3 Å². The zero-order valence-corrected chi connectivity index (χ0v) is 22.6. The third-order valence-electron chi connectivity index (χ3n) is 7.42. The minimum absolute atomic E-state index is 0.0339. The van der Waals surface area contributed by atoms with Crippen LogP contribution in [-0.4, -0.2) is 94.4 Å². The fourth-order valence-electron chi connectivity index (χ4n) is 4.81. The molecule has 0 radical (unpaired) electrons.